The van der Waals surface area contributed by atoms with Crippen molar-refractivity contribution in [3.63, 3.8) is 0 Å². The topological polar surface area (TPSA) is 48.1 Å². The Morgan fingerprint density at radius 1 is 0.950 bits per heavy atom. The third-order valence-corrected chi connectivity index (χ3v) is 3.19. The molecule has 0 saturated carbocycles. The summed E-state index contributed by atoms with van der Waals surface area (Å²) >= 11 is 0. The largest absolute Gasteiger partial charge is 0.438 e. The smallest absolute Gasteiger partial charge is 0.219 e. The van der Waals surface area contributed by atoms with Crippen LogP contribution in [0.2, 0.25) is 0 Å². The van der Waals surface area contributed by atoms with Crippen LogP contribution < -0.4 is 10.5 Å². The molecule has 0 saturated heterocycles. The maximum atomic E-state index is 5.88. The van der Waals surface area contributed by atoms with Crippen LogP contribution in [-0.4, -0.2) is 11.5 Å². The van der Waals surface area contributed by atoms with E-state index in [2.05, 4.69) is 17.1 Å². The van der Waals surface area contributed by atoms with E-state index in [1.54, 1.807) is 0 Å². The maximum absolute atomic E-state index is 5.88. The first-order valence-corrected chi connectivity index (χ1v) is 6.67. The Bertz CT molecular complexity index is 702. The van der Waals surface area contributed by atoms with E-state index in [4.69, 9.17) is 10.5 Å². The van der Waals surface area contributed by atoms with Crippen LogP contribution in [0.4, 0.5) is 0 Å². The van der Waals surface area contributed by atoms with Crippen molar-refractivity contribution in [3.05, 3.63) is 66.4 Å². The number of fused-ring (bicyclic) bond motifs is 1. The van der Waals surface area contributed by atoms with Gasteiger partial charge in [-0.3, -0.25) is 0 Å². The van der Waals surface area contributed by atoms with Gasteiger partial charge in [-0.25, -0.2) is 4.98 Å². The van der Waals surface area contributed by atoms with Gasteiger partial charge in [-0.1, -0.05) is 42.5 Å². The number of rotatable bonds is 4. The lowest BCUT2D eigenvalue weighted by Crippen LogP contribution is -2.02. The van der Waals surface area contributed by atoms with E-state index in [-0.39, 0.29) is 0 Å². The number of pyridine rings is 1. The average molecular weight is 264 g/mol. The maximum Gasteiger partial charge on any atom is 0.219 e. The fraction of sp³-hybridized carbons (Fsp3) is 0.118. The lowest BCUT2D eigenvalue weighted by atomic mass is 10.1. The Balaban J connectivity index is 1.89. The number of aromatic nitrogens is 1. The Hall–Kier alpha value is -2.39. The van der Waals surface area contributed by atoms with Gasteiger partial charge in [0.25, 0.3) is 0 Å². The van der Waals surface area contributed by atoms with Crippen molar-refractivity contribution in [2.24, 2.45) is 5.73 Å². The Morgan fingerprint density at radius 3 is 2.60 bits per heavy atom. The van der Waals surface area contributed by atoms with Crippen LogP contribution in [0.25, 0.3) is 10.8 Å². The van der Waals surface area contributed by atoms with Gasteiger partial charge in [0.15, 0.2) is 0 Å². The Labute approximate surface area is 118 Å². The quantitative estimate of drug-likeness (QED) is 0.784. The molecular formula is C17H16N2O. The van der Waals surface area contributed by atoms with Gasteiger partial charge in [0.05, 0.1) is 0 Å². The molecule has 100 valence electrons. The van der Waals surface area contributed by atoms with Crippen LogP contribution in [-0.2, 0) is 6.42 Å². The number of nitrogens with zero attached hydrogens (tertiary/aromatic N) is 1. The van der Waals surface area contributed by atoms with Crippen LogP contribution in [0.15, 0.2) is 60.8 Å². The zero-order chi connectivity index (χ0) is 13.8. The second-order valence-electron chi connectivity index (χ2n) is 4.62. The summed E-state index contributed by atoms with van der Waals surface area (Å²) in [5.74, 6) is 1.42. The fourth-order valence-electron chi connectivity index (χ4n) is 2.18. The molecule has 0 spiro atoms. The summed E-state index contributed by atoms with van der Waals surface area (Å²) in [5.41, 5.74) is 6.65. The lowest BCUT2D eigenvalue weighted by Gasteiger charge is -2.08. The van der Waals surface area contributed by atoms with E-state index < -0.39 is 0 Å². The minimum Gasteiger partial charge on any atom is -0.438 e. The summed E-state index contributed by atoms with van der Waals surface area (Å²) in [5, 5.41) is 2.24. The summed E-state index contributed by atoms with van der Waals surface area (Å²) in [6, 6.07) is 18.0. The number of hydrogen-bond donors (Lipinski definition) is 1. The SMILES string of the molecule is NCCc1ccc(Oc2cccc3ccccc23)nc1. The zero-order valence-corrected chi connectivity index (χ0v) is 11.1. The monoisotopic (exact) mass is 264 g/mol. The minimum absolute atomic E-state index is 0.599. The normalized spacial score (nSPS) is 10.7. The standard InChI is InChI=1S/C17H16N2O/c18-11-10-13-8-9-17(19-12-13)20-16-7-3-5-14-4-1-2-6-15(14)16/h1-9,12H,10-11,18H2. The van der Waals surface area contributed by atoms with Gasteiger partial charge < -0.3 is 10.5 Å². The van der Waals surface area contributed by atoms with Crippen LogP contribution in [0.5, 0.6) is 11.6 Å². The number of ether oxygens (including phenoxy) is 1. The second kappa shape index (κ2) is 5.72. The zero-order valence-electron chi connectivity index (χ0n) is 11.1. The van der Waals surface area contributed by atoms with E-state index in [0.717, 1.165) is 28.5 Å². The number of benzene rings is 2. The molecule has 0 bridgehead atoms. The minimum atomic E-state index is 0.599. The van der Waals surface area contributed by atoms with Crippen molar-refractivity contribution in [3.8, 4) is 11.6 Å². The van der Waals surface area contributed by atoms with Gasteiger partial charge in [-0.2, -0.15) is 0 Å². The van der Waals surface area contributed by atoms with Gasteiger partial charge in [-0.15, -0.1) is 0 Å². The van der Waals surface area contributed by atoms with E-state index >= 15 is 0 Å². The first kappa shape index (κ1) is 12.6. The molecule has 0 aliphatic rings. The average Bonchev–Trinajstić information content (AvgIpc) is 2.50. The van der Waals surface area contributed by atoms with E-state index in [1.807, 2.05) is 48.7 Å². The summed E-state index contributed by atoms with van der Waals surface area (Å²) in [4.78, 5) is 4.32. The molecule has 0 atom stereocenters. The Kier molecular flexibility index (Phi) is 3.61. The van der Waals surface area contributed by atoms with Crippen LogP contribution in [0, 0.1) is 0 Å². The summed E-state index contributed by atoms with van der Waals surface area (Å²) < 4.78 is 5.88. The highest BCUT2D eigenvalue weighted by Gasteiger charge is 2.03. The second-order valence-corrected chi connectivity index (χ2v) is 4.62. The first-order valence-electron chi connectivity index (χ1n) is 6.67. The highest BCUT2D eigenvalue weighted by molar-refractivity contribution is 5.88. The molecule has 20 heavy (non-hydrogen) atoms. The molecular weight excluding hydrogens is 248 g/mol. The highest BCUT2D eigenvalue weighted by atomic mass is 16.5. The lowest BCUT2D eigenvalue weighted by molar-refractivity contribution is 0.468. The molecule has 3 heteroatoms. The number of hydrogen-bond acceptors (Lipinski definition) is 3. The van der Waals surface area contributed by atoms with Crippen LogP contribution in [0.3, 0.4) is 0 Å². The molecule has 1 heterocycles. The molecule has 2 aromatic carbocycles. The van der Waals surface area contributed by atoms with Gasteiger partial charge in [0.1, 0.15) is 5.75 Å². The third kappa shape index (κ3) is 2.63. The molecule has 0 aliphatic heterocycles. The van der Waals surface area contributed by atoms with Crippen LogP contribution >= 0.6 is 0 Å². The first-order chi connectivity index (χ1) is 9.86. The van der Waals surface area contributed by atoms with E-state index in [1.165, 1.54) is 0 Å². The van der Waals surface area contributed by atoms with Gasteiger partial charge in [-0.05, 0) is 30.0 Å². The molecule has 3 nitrogen and oxygen atoms in total. The van der Waals surface area contributed by atoms with Crippen molar-refractivity contribution in [2.75, 3.05) is 6.54 Å². The van der Waals surface area contributed by atoms with Crippen molar-refractivity contribution in [2.45, 2.75) is 6.42 Å². The molecule has 0 amide bonds. The molecule has 0 aliphatic carbocycles. The highest BCUT2D eigenvalue weighted by Crippen LogP contribution is 2.28. The molecule has 3 aromatic rings. The molecule has 2 N–H and O–H groups in total. The predicted octanol–water partition coefficient (Wildman–Crippen LogP) is 3.53. The summed E-state index contributed by atoms with van der Waals surface area (Å²) in [6.45, 7) is 0.630. The van der Waals surface area contributed by atoms with Gasteiger partial charge >= 0.3 is 0 Å². The Morgan fingerprint density at radius 2 is 1.80 bits per heavy atom. The van der Waals surface area contributed by atoms with Crippen molar-refractivity contribution in [1.29, 1.82) is 0 Å². The molecule has 3 rings (SSSR count). The molecule has 0 fully saturated rings. The van der Waals surface area contributed by atoms with Crippen molar-refractivity contribution < 1.29 is 4.74 Å². The van der Waals surface area contributed by atoms with Gasteiger partial charge in [0.2, 0.25) is 5.88 Å². The number of nitrogens with two attached hydrogens (primary N) is 1. The molecule has 1 aromatic heterocycles. The third-order valence-electron chi connectivity index (χ3n) is 3.19. The van der Waals surface area contributed by atoms with E-state index in [0.29, 0.717) is 12.4 Å². The predicted molar refractivity (Wildman–Crippen MR) is 81.0 cm³/mol. The summed E-state index contributed by atoms with van der Waals surface area (Å²) in [7, 11) is 0. The van der Waals surface area contributed by atoms with Crippen molar-refractivity contribution >= 4 is 10.8 Å². The fourth-order valence-corrected chi connectivity index (χ4v) is 2.18. The van der Waals surface area contributed by atoms with Crippen LogP contribution in [0.1, 0.15) is 5.56 Å². The molecule has 0 radical (unpaired) electrons. The van der Waals surface area contributed by atoms with Crippen molar-refractivity contribution in [1.82, 2.24) is 4.98 Å². The van der Waals surface area contributed by atoms with E-state index in [9.17, 15) is 0 Å². The molecule has 0 unspecified atom stereocenters. The summed E-state index contributed by atoms with van der Waals surface area (Å²) in [6.07, 6.45) is 2.65. The van der Waals surface area contributed by atoms with Gasteiger partial charge in [0, 0.05) is 17.6 Å².